The fourth-order valence-corrected chi connectivity index (χ4v) is 2.32. The lowest BCUT2D eigenvalue weighted by molar-refractivity contribution is -0.146. The molecular weight excluding hydrogens is 260 g/mol. The molecule has 1 aliphatic carbocycles. The van der Waals surface area contributed by atoms with E-state index < -0.39 is 0 Å². The Morgan fingerprint density at radius 3 is 3.07 bits per heavy atom. The van der Waals surface area contributed by atoms with Crippen LogP contribution in [0.2, 0.25) is 0 Å². The van der Waals surface area contributed by atoms with E-state index >= 15 is 0 Å². The molecule has 1 aromatic heterocycles. The van der Waals surface area contributed by atoms with Crippen LogP contribution in [-0.4, -0.2) is 21.9 Å². The quantitative estimate of drug-likeness (QED) is 0.776. The molecule has 1 saturated carbocycles. The van der Waals surface area contributed by atoms with E-state index in [2.05, 4.69) is 21.0 Å². The second-order valence-corrected chi connectivity index (χ2v) is 4.75. The summed E-state index contributed by atoms with van der Waals surface area (Å²) in [6.07, 6.45) is 6.62. The summed E-state index contributed by atoms with van der Waals surface area (Å²) in [5, 5.41) is 4.24. The summed E-state index contributed by atoms with van der Waals surface area (Å²) in [5.41, 5.74) is 0. The van der Waals surface area contributed by atoms with Crippen LogP contribution in [0.4, 0.5) is 0 Å². The third-order valence-corrected chi connectivity index (χ3v) is 3.04. The van der Waals surface area contributed by atoms with Crippen molar-refractivity contribution >= 4 is 21.9 Å². The van der Waals surface area contributed by atoms with Gasteiger partial charge in [0.25, 0.3) is 0 Å². The summed E-state index contributed by atoms with van der Waals surface area (Å²) in [5.74, 6) is -0.192. The van der Waals surface area contributed by atoms with Crippen molar-refractivity contribution in [3.05, 3.63) is 16.9 Å². The van der Waals surface area contributed by atoms with Gasteiger partial charge in [0, 0.05) is 19.5 Å². The van der Waals surface area contributed by atoms with Gasteiger partial charge in [-0.1, -0.05) is 0 Å². The van der Waals surface area contributed by atoms with Crippen molar-refractivity contribution in [1.29, 1.82) is 0 Å². The van der Waals surface area contributed by atoms with E-state index in [0.29, 0.717) is 6.04 Å². The fourth-order valence-electron chi connectivity index (χ4n) is 2.01. The summed E-state index contributed by atoms with van der Waals surface area (Å²) in [7, 11) is 0. The molecule has 0 saturated heterocycles. The molecule has 1 heterocycles. The van der Waals surface area contributed by atoms with E-state index in [0.717, 1.165) is 23.7 Å². The zero-order valence-electron chi connectivity index (χ0n) is 8.52. The Kier molecular flexibility index (Phi) is 3.09. The van der Waals surface area contributed by atoms with Gasteiger partial charge in [0.05, 0.1) is 16.7 Å². The Hall–Kier alpha value is -0.840. The van der Waals surface area contributed by atoms with Crippen LogP contribution in [0.25, 0.3) is 0 Å². The van der Waals surface area contributed by atoms with Crippen LogP contribution in [0.1, 0.15) is 32.2 Å². The number of nitrogens with zero attached hydrogens (tertiary/aromatic N) is 2. The number of esters is 1. The highest BCUT2D eigenvalue weighted by atomic mass is 79.9. The largest absolute Gasteiger partial charge is 0.462 e. The van der Waals surface area contributed by atoms with Gasteiger partial charge >= 0.3 is 5.97 Å². The lowest BCUT2D eigenvalue weighted by atomic mass is 10.2. The third kappa shape index (κ3) is 2.59. The molecule has 4 nitrogen and oxygen atoms in total. The van der Waals surface area contributed by atoms with Crippen LogP contribution >= 0.6 is 15.9 Å². The molecule has 0 aromatic carbocycles. The molecule has 5 heteroatoms. The van der Waals surface area contributed by atoms with Gasteiger partial charge in [-0.3, -0.25) is 9.48 Å². The first-order valence-corrected chi connectivity index (χ1v) is 5.81. The highest BCUT2D eigenvalue weighted by Gasteiger charge is 2.28. The van der Waals surface area contributed by atoms with E-state index in [1.54, 1.807) is 6.20 Å². The summed E-state index contributed by atoms with van der Waals surface area (Å²) < 4.78 is 8.10. The second kappa shape index (κ2) is 4.35. The molecule has 0 aliphatic heterocycles. The minimum absolute atomic E-state index is 0.0653. The van der Waals surface area contributed by atoms with E-state index in [-0.39, 0.29) is 12.1 Å². The first kappa shape index (κ1) is 10.7. The smallest absolute Gasteiger partial charge is 0.302 e. The molecule has 82 valence electrons. The number of ether oxygens (including phenoxy) is 1. The first-order valence-electron chi connectivity index (χ1n) is 5.02. The Morgan fingerprint density at radius 2 is 2.47 bits per heavy atom. The second-order valence-electron chi connectivity index (χ2n) is 3.84. The molecule has 1 aromatic rings. The summed E-state index contributed by atoms with van der Waals surface area (Å²) in [6.45, 7) is 1.46. The van der Waals surface area contributed by atoms with Crippen molar-refractivity contribution in [2.24, 2.45) is 0 Å². The lowest BCUT2D eigenvalue weighted by Gasteiger charge is -2.11. The van der Waals surface area contributed by atoms with Crippen molar-refractivity contribution in [3.63, 3.8) is 0 Å². The number of hydrogen-bond donors (Lipinski definition) is 0. The van der Waals surface area contributed by atoms with Gasteiger partial charge in [-0.15, -0.1) is 0 Å². The van der Waals surface area contributed by atoms with Crippen molar-refractivity contribution in [2.75, 3.05) is 0 Å². The number of carbonyl (C=O) groups excluding carboxylic acids is 1. The summed E-state index contributed by atoms with van der Waals surface area (Å²) >= 11 is 3.37. The predicted octanol–water partition coefficient (Wildman–Crippen LogP) is 2.30. The van der Waals surface area contributed by atoms with Crippen LogP contribution in [0.15, 0.2) is 16.9 Å². The molecule has 1 aliphatic rings. The third-order valence-electron chi connectivity index (χ3n) is 2.63. The van der Waals surface area contributed by atoms with Crippen LogP contribution in [0.5, 0.6) is 0 Å². The van der Waals surface area contributed by atoms with Gasteiger partial charge in [0.2, 0.25) is 0 Å². The Balaban J connectivity index is 1.95. The monoisotopic (exact) mass is 272 g/mol. The number of carbonyl (C=O) groups is 1. The minimum atomic E-state index is -0.192. The zero-order valence-corrected chi connectivity index (χ0v) is 10.1. The topological polar surface area (TPSA) is 44.1 Å². The van der Waals surface area contributed by atoms with Gasteiger partial charge in [-0.25, -0.2) is 0 Å². The molecule has 2 rings (SSSR count). The van der Waals surface area contributed by atoms with Gasteiger partial charge in [-0.2, -0.15) is 5.10 Å². The van der Waals surface area contributed by atoms with Gasteiger partial charge in [0.15, 0.2) is 0 Å². The molecule has 0 unspecified atom stereocenters. The van der Waals surface area contributed by atoms with E-state index in [9.17, 15) is 4.79 Å². The highest BCUT2D eigenvalue weighted by molar-refractivity contribution is 9.10. The number of aromatic nitrogens is 2. The molecule has 0 spiro atoms. The van der Waals surface area contributed by atoms with Crippen LogP contribution in [0, 0.1) is 0 Å². The molecule has 0 N–H and O–H groups in total. The molecule has 15 heavy (non-hydrogen) atoms. The van der Waals surface area contributed by atoms with Crippen molar-refractivity contribution in [3.8, 4) is 0 Å². The zero-order chi connectivity index (χ0) is 10.8. The number of halogens is 1. The standard InChI is InChI=1S/C10H13BrN2O2/c1-7(14)15-10-3-2-9(4-10)13-6-8(11)5-12-13/h5-6,9-10H,2-4H2,1H3/t9-,10-/m0/s1. The van der Waals surface area contributed by atoms with E-state index in [4.69, 9.17) is 4.74 Å². The fraction of sp³-hybridized carbons (Fsp3) is 0.600. The maximum absolute atomic E-state index is 10.8. The van der Waals surface area contributed by atoms with Crippen LogP contribution in [0.3, 0.4) is 0 Å². The first-order chi connectivity index (χ1) is 7.15. The van der Waals surface area contributed by atoms with Crippen molar-refractivity contribution < 1.29 is 9.53 Å². The molecule has 2 atom stereocenters. The minimum Gasteiger partial charge on any atom is -0.462 e. The van der Waals surface area contributed by atoms with E-state index in [1.165, 1.54) is 6.92 Å². The van der Waals surface area contributed by atoms with Crippen molar-refractivity contribution in [1.82, 2.24) is 9.78 Å². The molecular formula is C10H13BrN2O2. The molecule has 0 radical (unpaired) electrons. The number of rotatable bonds is 2. The Morgan fingerprint density at radius 1 is 1.67 bits per heavy atom. The van der Waals surface area contributed by atoms with E-state index in [1.807, 2.05) is 10.9 Å². The average molecular weight is 273 g/mol. The maximum atomic E-state index is 10.8. The Labute approximate surface area is 96.7 Å². The maximum Gasteiger partial charge on any atom is 0.302 e. The summed E-state index contributed by atoms with van der Waals surface area (Å²) in [4.78, 5) is 10.8. The average Bonchev–Trinajstić information content (AvgIpc) is 2.72. The summed E-state index contributed by atoms with van der Waals surface area (Å²) in [6, 6.07) is 0.362. The molecule has 0 amide bonds. The highest BCUT2D eigenvalue weighted by Crippen LogP contribution is 2.31. The van der Waals surface area contributed by atoms with Crippen molar-refractivity contribution in [2.45, 2.75) is 38.3 Å². The lowest BCUT2D eigenvalue weighted by Crippen LogP contribution is -2.13. The Bertz CT molecular complexity index is 364. The predicted molar refractivity (Wildman–Crippen MR) is 58.4 cm³/mol. The van der Waals surface area contributed by atoms with Gasteiger partial charge < -0.3 is 4.74 Å². The molecule has 0 bridgehead atoms. The van der Waals surface area contributed by atoms with Gasteiger partial charge in [0.1, 0.15) is 6.10 Å². The normalized spacial score (nSPS) is 25.5. The van der Waals surface area contributed by atoms with Gasteiger partial charge in [-0.05, 0) is 28.8 Å². The SMILES string of the molecule is CC(=O)O[C@H]1CC[C@H](n2cc(Br)cn2)C1. The number of hydrogen-bond acceptors (Lipinski definition) is 3. The van der Waals surface area contributed by atoms with Crippen LogP contribution in [-0.2, 0) is 9.53 Å². The van der Waals surface area contributed by atoms with Crippen LogP contribution < -0.4 is 0 Å². The molecule has 1 fully saturated rings.